The second-order valence-corrected chi connectivity index (χ2v) is 16.5. The van der Waals surface area contributed by atoms with Crippen LogP contribution in [0.4, 0.5) is 0 Å². The molecule has 2 heterocycles. The molecule has 18 nitrogen and oxygen atoms in total. The molecule has 5 N–H and O–H groups in total. The number of H-pyrrole nitrogens is 1. The molecule has 0 aromatic carbocycles. The first kappa shape index (κ1) is 45.8. The van der Waals surface area contributed by atoms with Crippen molar-refractivity contribution < 1.29 is 47.1 Å². The number of rotatable bonds is 29. The third kappa shape index (κ3) is 18.6. The number of hydrogen-bond donors (Lipinski definition) is 5. The van der Waals surface area contributed by atoms with Crippen molar-refractivity contribution in [1.29, 1.82) is 0 Å². The number of amides is 1. The van der Waals surface area contributed by atoms with E-state index >= 15 is 0 Å². The van der Waals surface area contributed by atoms with Crippen molar-refractivity contribution in [3.8, 4) is 0 Å². The van der Waals surface area contributed by atoms with Crippen molar-refractivity contribution in [1.82, 2.24) is 14.9 Å². The van der Waals surface area contributed by atoms with Crippen LogP contribution in [0.25, 0.3) is 10.4 Å². The summed E-state index contributed by atoms with van der Waals surface area (Å²) in [5, 5.41) is 16.7. The first-order chi connectivity index (χ1) is 24.8. The highest BCUT2D eigenvalue weighted by molar-refractivity contribution is 7.64. The molecule has 1 aliphatic rings. The van der Waals surface area contributed by atoms with Gasteiger partial charge in [-0.05, 0) is 18.9 Å². The van der Waals surface area contributed by atoms with Crippen molar-refractivity contribution in [2.75, 3.05) is 19.3 Å². The van der Waals surface area contributed by atoms with E-state index in [1.807, 2.05) is 4.98 Å². The summed E-state index contributed by atoms with van der Waals surface area (Å²) in [6, 6.07) is -0.185. The number of nitrogens with zero attached hydrogens (tertiary/aromatic N) is 4. The predicted molar refractivity (Wildman–Crippen MR) is 193 cm³/mol. The van der Waals surface area contributed by atoms with Gasteiger partial charge in [0.2, 0.25) is 5.91 Å². The molecule has 52 heavy (non-hydrogen) atoms. The Hall–Kier alpha value is -2.36. The Kier molecular flexibility index (Phi) is 21.9. The maximum atomic E-state index is 12.8. The lowest BCUT2D eigenvalue weighted by molar-refractivity contribution is -0.146. The standard InChI is InChI=1S/C32H58N6O12P2/c1-3-5-6-7-8-9-10-11-12-13-14-15-16-17-18-19-27(39)34-23-25(47-4-2)24-51(43,44)50-52(45,46)49-31(41)30-26(36-37-33)22-29(48-30)38-21-20-28(40)35-32(38)42/h20-21,25-26,29-31,41H,3-19,22-24H2,1-2H3,(H,34,39)(H,43,44)(H,45,46)(H,35,40,42)/t25?,26-,29+,30-,31?/m0/s1. The maximum absolute atomic E-state index is 12.8. The zero-order valence-corrected chi connectivity index (χ0v) is 32.2. The van der Waals surface area contributed by atoms with E-state index in [4.69, 9.17) is 15.0 Å². The van der Waals surface area contributed by atoms with Gasteiger partial charge in [-0.25, -0.2) is 13.7 Å². The van der Waals surface area contributed by atoms with E-state index in [0.717, 1.165) is 36.1 Å². The summed E-state index contributed by atoms with van der Waals surface area (Å²) in [5.41, 5.74) is 7.38. The number of unbranched alkanes of at least 4 members (excludes halogenated alkanes) is 14. The summed E-state index contributed by atoms with van der Waals surface area (Å²) in [4.78, 5) is 61.3. The quantitative estimate of drug-likeness (QED) is 0.0158. The highest BCUT2D eigenvalue weighted by Crippen LogP contribution is 2.61. The zero-order chi connectivity index (χ0) is 38.4. The smallest absolute Gasteiger partial charge is 0.376 e. The normalized spacial score (nSPS) is 20.8. The molecule has 4 unspecified atom stereocenters. The number of hydrogen-bond acceptors (Lipinski definition) is 11. The molecule has 1 fully saturated rings. The minimum absolute atomic E-state index is 0.102. The van der Waals surface area contributed by atoms with Gasteiger partial charge in [0.15, 0.2) is 6.29 Å². The molecule has 0 saturated carbocycles. The molecule has 20 heteroatoms. The fourth-order valence-corrected chi connectivity index (χ4v) is 8.84. The van der Waals surface area contributed by atoms with Crippen LogP contribution in [0.2, 0.25) is 0 Å². The van der Waals surface area contributed by atoms with Crippen LogP contribution in [-0.4, -0.2) is 74.2 Å². The lowest BCUT2D eigenvalue weighted by atomic mass is 10.0. The number of phosphoric ester groups is 1. The van der Waals surface area contributed by atoms with E-state index < -0.39 is 63.6 Å². The molecule has 0 bridgehead atoms. The third-order valence-corrected chi connectivity index (χ3v) is 11.8. The van der Waals surface area contributed by atoms with Crippen LogP contribution >= 0.6 is 15.4 Å². The van der Waals surface area contributed by atoms with Crippen LogP contribution < -0.4 is 16.6 Å². The number of phosphoric acid groups is 1. The number of azide groups is 1. The van der Waals surface area contributed by atoms with Gasteiger partial charge in [0.25, 0.3) is 5.56 Å². The number of aromatic nitrogens is 2. The predicted octanol–water partition coefficient (Wildman–Crippen LogP) is 5.92. The van der Waals surface area contributed by atoms with Crippen LogP contribution in [0.1, 0.15) is 129 Å². The van der Waals surface area contributed by atoms with Gasteiger partial charge in [-0.2, -0.15) is 0 Å². The fourth-order valence-electron chi connectivity index (χ4n) is 5.99. The van der Waals surface area contributed by atoms with E-state index in [9.17, 15) is 38.4 Å². The summed E-state index contributed by atoms with van der Waals surface area (Å²) in [6.07, 6.45) is 12.4. The molecule has 1 amide bonds. The van der Waals surface area contributed by atoms with Crippen LogP contribution in [0.3, 0.4) is 0 Å². The Balaban J connectivity index is 1.72. The maximum Gasteiger partial charge on any atom is 0.481 e. The van der Waals surface area contributed by atoms with Crippen LogP contribution in [-0.2, 0) is 32.2 Å². The van der Waals surface area contributed by atoms with Crippen molar-refractivity contribution in [2.24, 2.45) is 5.11 Å². The number of aliphatic hydroxyl groups is 1. The molecule has 298 valence electrons. The van der Waals surface area contributed by atoms with Gasteiger partial charge >= 0.3 is 21.1 Å². The van der Waals surface area contributed by atoms with Gasteiger partial charge in [-0.1, -0.05) is 102 Å². The number of ether oxygens (including phenoxy) is 2. The van der Waals surface area contributed by atoms with Gasteiger partial charge in [-0.3, -0.25) is 28.2 Å². The highest BCUT2D eigenvalue weighted by Gasteiger charge is 2.45. The van der Waals surface area contributed by atoms with Gasteiger partial charge in [-0.15, -0.1) is 0 Å². The molecular weight excluding hydrogens is 722 g/mol. The molecule has 0 aliphatic carbocycles. The van der Waals surface area contributed by atoms with Crippen molar-refractivity contribution >= 4 is 21.3 Å². The molecule has 0 radical (unpaired) electrons. The summed E-state index contributed by atoms with van der Waals surface area (Å²) < 4.78 is 46.6. The van der Waals surface area contributed by atoms with Gasteiger partial charge in [0, 0.05) is 43.2 Å². The Bertz CT molecular complexity index is 1460. The van der Waals surface area contributed by atoms with Crippen LogP contribution in [0, 0.1) is 0 Å². The molecular formula is C32H58N6O12P2. The SMILES string of the molecule is CCCCCCCCCCCCCCCCCC(=O)NCC(CP(=O)(O)OP(=O)(O)OC(O)[C@H]1O[C@@H](n2ccc(=O)[nH]c2=O)C[C@@H]1N=[N+]=[N-])OCC. The van der Waals surface area contributed by atoms with E-state index in [1.54, 1.807) is 6.92 Å². The second kappa shape index (κ2) is 24.9. The Morgan fingerprint density at radius 2 is 1.62 bits per heavy atom. The van der Waals surface area contributed by atoms with E-state index in [-0.39, 0.29) is 31.9 Å². The molecule has 1 aromatic rings. The molecule has 0 spiro atoms. The number of carbonyl (C=O) groups excluding carboxylic acids is 1. The van der Waals surface area contributed by atoms with Gasteiger partial charge in [0.05, 0.1) is 18.3 Å². The third-order valence-electron chi connectivity index (χ3n) is 8.62. The lowest BCUT2D eigenvalue weighted by Crippen LogP contribution is -2.36. The summed E-state index contributed by atoms with van der Waals surface area (Å²) in [5.74, 6) is -0.263. The van der Waals surface area contributed by atoms with Crippen LogP contribution in [0.15, 0.2) is 27.0 Å². The first-order valence-corrected chi connectivity index (χ1v) is 21.7. The molecule has 2 rings (SSSR count). The minimum Gasteiger partial charge on any atom is -0.376 e. The number of carbonyl (C=O) groups is 1. The topological polar surface area (TPSA) is 264 Å². The fraction of sp³-hybridized carbons (Fsp3) is 0.844. The molecule has 1 aliphatic heterocycles. The second-order valence-electron chi connectivity index (χ2n) is 13.0. The zero-order valence-electron chi connectivity index (χ0n) is 30.4. The van der Waals surface area contributed by atoms with Crippen molar-refractivity contribution in [3.05, 3.63) is 43.5 Å². The number of aromatic amines is 1. The number of aliphatic hydroxyl groups excluding tert-OH is 1. The molecule has 1 aromatic heterocycles. The summed E-state index contributed by atoms with van der Waals surface area (Å²) >= 11 is 0. The average Bonchev–Trinajstić information content (AvgIpc) is 3.48. The van der Waals surface area contributed by atoms with E-state index in [2.05, 4.69) is 31.1 Å². The van der Waals surface area contributed by atoms with Gasteiger partial charge < -0.3 is 29.7 Å². The molecule has 7 atom stereocenters. The van der Waals surface area contributed by atoms with Crippen molar-refractivity contribution in [2.45, 2.75) is 154 Å². The summed E-state index contributed by atoms with van der Waals surface area (Å²) in [6.45, 7) is 3.80. The lowest BCUT2D eigenvalue weighted by Gasteiger charge is -2.25. The Labute approximate surface area is 304 Å². The largest absolute Gasteiger partial charge is 0.481 e. The van der Waals surface area contributed by atoms with Crippen molar-refractivity contribution in [3.63, 3.8) is 0 Å². The minimum atomic E-state index is -5.47. The van der Waals surface area contributed by atoms with Gasteiger partial charge in [0.1, 0.15) is 12.3 Å². The van der Waals surface area contributed by atoms with Crippen LogP contribution in [0.5, 0.6) is 0 Å². The van der Waals surface area contributed by atoms with E-state index in [1.165, 1.54) is 70.6 Å². The Morgan fingerprint density at radius 3 is 2.15 bits per heavy atom. The Morgan fingerprint density at radius 1 is 1.04 bits per heavy atom. The summed E-state index contributed by atoms with van der Waals surface area (Å²) in [7, 11) is -10.4. The highest BCUT2D eigenvalue weighted by atomic mass is 31.3. The average molecular weight is 781 g/mol. The van der Waals surface area contributed by atoms with E-state index in [0.29, 0.717) is 6.42 Å². The first-order valence-electron chi connectivity index (χ1n) is 18.4. The number of nitrogens with one attached hydrogen (secondary N) is 2. The monoisotopic (exact) mass is 780 g/mol. The molecule has 1 saturated heterocycles.